The zero-order valence-corrected chi connectivity index (χ0v) is 16.9. The van der Waals surface area contributed by atoms with Crippen LogP contribution in [-0.4, -0.2) is 23.5 Å². The summed E-state index contributed by atoms with van der Waals surface area (Å²) in [4.78, 5) is 28.5. The standard InChI is InChI=1S/C22H24N2O3S/c1-3-16-8-10-17(11-9-16)15(2)23-20(25)14-27-22(26)13-12-21-24-18-6-4-5-7-19(18)28-21/h4-11,15H,3,12-14H2,1-2H3,(H,23,25)/t15-/m1/s1. The average molecular weight is 397 g/mol. The molecule has 0 saturated heterocycles. The molecule has 0 aliphatic rings. The molecule has 5 nitrogen and oxygen atoms in total. The Morgan fingerprint density at radius 3 is 2.61 bits per heavy atom. The van der Waals surface area contributed by atoms with E-state index in [2.05, 4.69) is 29.4 Å². The first-order chi connectivity index (χ1) is 13.5. The molecule has 3 aromatic rings. The van der Waals surface area contributed by atoms with Gasteiger partial charge in [-0.3, -0.25) is 9.59 Å². The van der Waals surface area contributed by atoms with E-state index in [0.29, 0.717) is 6.42 Å². The minimum atomic E-state index is -0.394. The van der Waals surface area contributed by atoms with E-state index in [1.54, 1.807) is 11.3 Å². The molecule has 1 atom stereocenters. The first-order valence-electron chi connectivity index (χ1n) is 9.43. The smallest absolute Gasteiger partial charge is 0.306 e. The van der Waals surface area contributed by atoms with Gasteiger partial charge in [0.2, 0.25) is 0 Å². The number of nitrogens with one attached hydrogen (secondary N) is 1. The lowest BCUT2D eigenvalue weighted by Gasteiger charge is -2.15. The molecule has 1 amide bonds. The molecule has 0 unspecified atom stereocenters. The molecular formula is C22H24N2O3S. The number of aromatic nitrogens is 1. The number of rotatable bonds is 8. The first-order valence-corrected chi connectivity index (χ1v) is 10.2. The number of ether oxygens (including phenoxy) is 1. The summed E-state index contributed by atoms with van der Waals surface area (Å²) in [6.45, 7) is 3.75. The second-order valence-electron chi connectivity index (χ2n) is 6.62. The Morgan fingerprint density at radius 2 is 1.89 bits per heavy atom. The highest BCUT2D eigenvalue weighted by Crippen LogP contribution is 2.22. The molecule has 0 saturated carbocycles. The van der Waals surface area contributed by atoms with Crippen molar-refractivity contribution in [2.45, 2.75) is 39.2 Å². The van der Waals surface area contributed by atoms with Crippen molar-refractivity contribution in [1.29, 1.82) is 0 Å². The number of hydrogen-bond donors (Lipinski definition) is 1. The van der Waals surface area contributed by atoms with Crippen LogP contribution in [0.4, 0.5) is 0 Å². The second kappa shape index (κ2) is 9.46. The first kappa shape index (κ1) is 20.0. The van der Waals surface area contributed by atoms with Gasteiger partial charge in [0.05, 0.1) is 27.7 Å². The van der Waals surface area contributed by atoms with E-state index in [1.165, 1.54) is 5.56 Å². The van der Waals surface area contributed by atoms with Gasteiger partial charge in [0.25, 0.3) is 5.91 Å². The van der Waals surface area contributed by atoms with Crippen molar-refractivity contribution >= 4 is 33.4 Å². The van der Waals surface area contributed by atoms with Gasteiger partial charge in [-0.2, -0.15) is 0 Å². The molecule has 0 spiro atoms. The molecular weight excluding hydrogens is 372 g/mol. The summed E-state index contributed by atoms with van der Waals surface area (Å²) in [7, 11) is 0. The van der Waals surface area contributed by atoms with Crippen LogP contribution in [0.2, 0.25) is 0 Å². The largest absolute Gasteiger partial charge is 0.456 e. The number of nitrogens with zero attached hydrogens (tertiary/aromatic N) is 1. The summed E-state index contributed by atoms with van der Waals surface area (Å²) in [6.07, 6.45) is 1.70. The van der Waals surface area contributed by atoms with E-state index in [4.69, 9.17) is 4.74 Å². The van der Waals surface area contributed by atoms with E-state index >= 15 is 0 Å². The Labute approximate surface area is 168 Å². The quantitative estimate of drug-likeness (QED) is 0.579. The molecule has 0 radical (unpaired) electrons. The average Bonchev–Trinajstić information content (AvgIpc) is 3.13. The maximum atomic E-state index is 12.0. The third kappa shape index (κ3) is 5.39. The normalized spacial score (nSPS) is 11.9. The van der Waals surface area contributed by atoms with Gasteiger partial charge in [-0.05, 0) is 36.6 Å². The van der Waals surface area contributed by atoms with Crippen molar-refractivity contribution < 1.29 is 14.3 Å². The van der Waals surface area contributed by atoms with E-state index in [1.807, 2.05) is 43.3 Å². The van der Waals surface area contributed by atoms with Crippen LogP contribution in [0.5, 0.6) is 0 Å². The zero-order valence-electron chi connectivity index (χ0n) is 16.1. The van der Waals surface area contributed by atoms with Crippen LogP contribution in [0.25, 0.3) is 10.2 Å². The number of amides is 1. The monoisotopic (exact) mass is 396 g/mol. The fraction of sp³-hybridized carbons (Fsp3) is 0.318. The number of carbonyl (C=O) groups excluding carboxylic acids is 2. The number of fused-ring (bicyclic) bond motifs is 1. The van der Waals surface area contributed by atoms with Crippen molar-refractivity contribution in [2.75, 3.05) is 6.61 Å². The molecule has 1 N–H and O–H groups in total. The zero-order chi connectivity index (χ0) is 19.9. The molecule has 0 aliphatic carbocycles. The highest BCUT2D eigenvalue weighted by molar-refractivity contribution is 7.18. The maximum absolute atomic E-state index is 12.0. The van der Waals surface area contributed by atoms with E-state index in [-0.39, 0.29) is 25.0 Å². The van der Waals surface area contributed by atoms with Gasteiger partial charge in [-0.15, -0.1) is 11.3 Å². The van der Waals surface area contributed by atoms with Gasteiger partial charge < -0.3 is 10.1 Å². The summed E-state index contributed by atoms with van der Waals surface area (Å²) in [5, 5.41) is 3.75. The molecule has 0 bridgehead atoms. The van der Waals surface area contributed by atoms with Gasteiger partial charge in [-0.25, -0.2) is 4.98 Å². The number of hydrogen-bond acceptors (Lipinski definition) is 5. The van der Waals surface area contributed by atoms with Crippen molar-refractivity contribution in [3.05, 3.63) is 64.7 Å². The van der Waals surface area contributed by atoms with Crippen molar-refractivity contribution in [2.24, 2.45) is 0 Å². The molecule has 6 heteroatoms. The highest BCUT2D eigenvalue weighted by Gasteiger charge is 2.13. The lowest BCUT2D eigenvalue weighted by molar-refractivity contribution is -0.148. The number of thiazole rings is 1. The van der Waals surface area contributed by atoms with Crippen LogP contribution in [0.3, 0.4) is 0 Å². The Hall–Kier alpha value is -2.73. The van der Waals surface area contributed by atoms with Crippen LogP contribution >= 0.6 is 11.3 Å². The van der Waals surface area contributed by atoms with Gasteiger partial charge in [-0.1, -0.05) is 43.3 Å². The van der Waals surface area contributed by atoms with Crippen molar-refractivity contribution in [3.63, 3.8) is 0 Å². The molecule has 0 aliphatic heterocycles. The molecule has 2 aromatic carbocycles. The lowest BCUT2D eigenvalue weighted by Crippen LogP contribution is -2.31. The lowest BCUT2D eigenvalue weighted by atomic mass is 10.1. The number of esters is 1. The van der Waals surface area contributed by atoms with Crippen molar-refractivity contribution in [3.8, 4) is 0 Å². The minimum Gasteiger partial charge on any atom is -0.456 e. The summed E-state index contributed by atoms with van der Waals surface area (Å²) in [5.74, 6) is -0.699. The summed E-state index contributed by atoms with van der Waals surface area (Å²) >= 11 is 1.57. The molecule has 1 aromatic heterocycles. The van der Waals surface area contributed by atoms with E-state index in [0.717, 1.165) is 27.2 Å². The fourth-order valence-electron chi connectivity index (χ4n) is 2.86. The third-order valence-corrected chi connectivity index (χ3v) is 5.61. The highest BCUT2D eigenvalue weighted by atomic mass is 32.1. The van der Waals surface area contributed by atoms with E-state index in [9.17, 15) is 9.59 Å². The van der Waals surface area contributed by atoms with Gasteiger partial charge in [0.1, 0.15) is 0 Å². The Bertz CT molecular complexity index is 917. The predicted molar refractivity (Wildman–Crippen MR) is 111 cm³/mol. The Kier molecular flexibility index (Phi) is 6.76. The number of carbonyl (C=O) groups is 2. The molecule has 1 heterocycles. The maximum Gasteiger partial charge on any atom is 0.306 e. The third-order valence-electron chi connectivity index (χ3n) is 4.51. The number of aryl methyl sites for hydroxylation is 2. The summed E-state index contributed by atoms with van der Waals surface area (Å²) in [5.41, 5.74) is 3.22. The predicted octanol–water partition coefficient (Wildman–Crippen LogP) is 4.21. The van der Waals surface area contributed by atoms with Crippen LogP contribution in [0.1, 0.15) is 42.4 Å². The Balaban J connectivity index is 1.41. The van der Waals surface area contributed by atoms with Crippen LogP contribution < -0.4 is 5.32 Å². The molecule has 3 rings (SSSR count). The van der Waals surface area contributed by atoms with Crippen LogP contribution in [0.15, 0.2) is 48.5 Å². The van der Waals surface area contributed by atoms with E-state index < -0.39 is 5.97 Å². The molecule has 0 fully saturated rings. The van der Waals surface area contributed by atoms with Crippen LogP contribution in [0, 0.1) is 0 Å². The fourth-order valence-corrected chi connectivity index (χ4v) is 3.83. The molecule has 146 valence electrons. The SMILES string of the molecule is CCc1ccc([C@@H](C)NC(=O)COC(=O)CCc2nc3ccccc3s2)cc1. The van der Waals surface area contributed by atoms with Gasteiger partial charge in [0, 0.05) is 6.42 Å². The molecule has 28 heavy (non-hydrogen) atoms. The van der Waals surface area contributed by atoms with Crippen molar-refractivity contribution in [1.82, 2.24) is 10.3 Å². The Morgan fingerprint density at radius 1 is 1.14 bits per heavy atom. The summed E-state index contributed by atoms with van der Waals surface area (Å²) in [6, 6.07) is 15.9. The van der Waals surface area contributed by atoms with Gasteiger partial charge in [0.15, 0.2) is 6.61 Å². The number of para-hydroxylation sites is 1. The van der Waals surface area contributed by atoms with Crippen LogP contribution in [-0.2, 0) is 27.2 Å². The van der Waals surface area contributed by atoms with Gasteiger partial charge >= 0.3 is 5.97 Å². The topological polar surface area (TPSA) is 68.3 Å². The minimum absolute atomic E-state index is 0.139. The number of benzene rings is 2. The second-order valence-corrected chi connectivity index (χ2v) is 7.74. The summed E-state index contributed by atoms with van der Waals surface area (Å²) < 4.78 is 6.20.